The lowest BCUT2D eigenvalue weighted by Gasteiger charge is -2.32. The van der Waals surface area contributed by atoms with Gasteiger partial charge in [0, 0.05) is 11.8 Å². The average molecular weight is 474 g/mol. The minimum Gasteiger partial charge on any atom is -0.348 e. The molecular weight excluding hydrogens is 444 g/mol. The fourth-order valence-electron chi connectivity index (χ4n) is 4.54. The van der Waals surface area contributed by atoms with Crippen LogP contribution in [0.1, 0.15) is 32.2 Å². The summed E-state index contributed by atoms with van der Waals surface area (Å²) >= 11 is 1.44. The number of H-pyrrole nitrogens is 1. The lowest BCUT2D eigenvalue weighted by molar-refractivity contribution is -0.364. The average Bonchev–Trinajstić information content (AvgIpc) is 3.17. The van der Waals surface area contributed by atoms with Crippen LogP contribution in [0.3, 0.4) is 0 Å². The minimum atomic E-state index is -0.0968. The summed E-state index contributed by atoms with van der Waals surface area (Å²) in [5, 5.41) is 4.08. The standard InChI is InChI=1S/C26H28N6OS/c1-16-8-9-20(17(2)15-16)30-25(33)23-18(3)22-24(28-19(4)29-26(22)34-23)32-13-11-31(12-14-32)21-7-5-6-10-27-21/h5-10,15H,11-14H2,1-4H3,(H,30,33)/p+1. The van der Waals surface area contributed by atoms with Gasteiger partial charge in [0.2, 0.25) is 0 Å². The Balaban J connectivity index is 1.43. The molecule has 0 atom stereocenters. The van der Waals surface area contributed by atoms with Crippen LogP contribution in [0.15, 0.2) is 42.6 Å². The number of fused-ring (bicyclic) bond motifs is 1. The van der Waals surface area contributed by atoms with E-state index in [1.165, 1.54) is 16.9 Å². The highest BCUT2D eigenvalue weighted by molar-refractivity contribution is 7.20. The predicted molar refractivity (Wildman–Crippen MR) is 138 cm³/mol. The number of anilines is 3. The van der Waals surface area contributed by atoms with Crippen LogP contribution in [0.25, 0.3) is 10.2 Å². The van der Waals surface area contributed by atoms with Gasteiger partial charge in [-0.1, -0.05) is 23.8 Å². The summed E-state index contributed by atoms with van der Waals surface area (Å²) in [6, 6.07) is 12.2. The number of nitrogens with one attached hydrogen (secondary N) is 2. The summed E-state index contributed by atoms with van der Waals surface area (Å²) < 4.78 is 0. The van der Waals surface area contributed by atoms with Crippen LogP contribution in [0.4, 0.5) is 17.3 Å². The van der Waals surface area contributed by atoms with E-state index in [0.717, 1.165) is 70.7 Å². The quantitative estimate of drug-likeness (QED) is 0.478. The number of hydrogen-bond acceptors (Lipinski definition) is 6. The van der Waals surface area contributed by atoms with E-state index in [4.69, 9.17) is 4.98 Å². The summed E-state index contributed by atoms with van der Waals surface area (Å²) in [4.78, 5) is 32.3. The molecule has 0 bridgehead atoms. The first-order valence-electron chi connectivity index (χ1n) is 11.5. The summed E-state index contributed by atoms with van der Waals surface area (Å²) in [6.07, 6.45) is 1.96. The third-order valence-electron chi connectivity index (χ3n) is 6.33. The molecule has 1 amide bonds. The number of aryl methyl sites for hydroxylation is 4. The molecule has 4 heterocycles. The molecule has 3 aromatic heterocycles. The smallest absolute Gasteiger partial charge is 0.274 e. The van der Waals surface area contributed by atoms with Crippen molar-refractivity contribution in [3.05, 3.63) is 70.0 Å². The van der Waals surface area contributed by atoms with Crippen LogP contribution in [0, 0.1) is 27.7 Å². The zero-order valence-corrected chi connectivity index (χ0v) is 20.8. The molecule has 5 rings (SSSR count). The Morgan fingerprint density at radius 1 is 1.00 bits per heavy atom. The largest absolute Gasteiger partial charge is 0.348 e. The van der Waals surface area contributed by atoms with Crippen molar-refractivity contribution in [2.45, 2.75) is 27.7 Å². The van der Waals surface area contributed by atoms with E-state index in [1.54, 1.807) is 0 Å². The summed E-state index contributed by atoms with van der Waals surface area (Å²) in [6.45, 7) is 11.5. The molecule has 0 spiro atoms. The molecule has 34 heavy (non-hydrogen) atoms. The Labute approximate surface area is 203 Å². The second kappa shape index (κ2) is 9.02. The highest BCUT2D eigenvalue weighted by atomic mass is 32.1. The highest BCUT2D eigenvalue weighted by Crippen LogP contribution is 2.36. The van der Waals surface area contributed by atoms with Crippen LogP contribution in [-0.4, -0.2) is 42.1 Å². The first kappa shape index (κ1) is 22.3. The first-order chi connectivity index (χ1) is 16.4. The van der Waals surface area contributed by atoms with Crippen molar-refractivity contribution in [3.63, 3.8) is 0 Å². The number of rotatable bonds is 4. The molecule has 1 fully saturated rings. The van der Waals surface area contributed by atoms with Gasteiger partial charge in [0.05, 0.1) is 29.5 Å². The van der Waals surface area contributed by atoms with E-state index >= 15 is 0 Å². The topological polar surface area (TPSA) is 75.5 Å². The van der Waals surface area contributed by atoms with E-state index in [1.807, 2.05) is 45.2 Å². The molecular formula is C26H29N6OS+. The Kier molecular flexibility index (Phi) is 5.91. The van der Waals surface area contributed by atoms with Gasteiger partial charge in [0.1, 0.15) is 29.6 Å². The molecule has 0 radical (unpaired) electrons. The Bertz CT molecular complexity index is 1360. The van der Waals surface area contributed by atoms with Crippen LogP contribution >= 0.6 is 11.3 Å². The number of piperazine rings is 1. The number of aromatic nitrogens is 3. The van der Waals surface area contributed by atoms with Gasteiger partial charge in [-0.2, -0.15) is 0 Å². The SMILES string of the molecule is Cc1ccc(NC(=O)c2sc3nc(C)nc(N4CCN(c5cccc[nH+]5)CC4)c3c2C)c(C)c1. The Morgan fingerprint density at radius 2 is 1.76 bits per heavy atom. The van der Waals surface area contributed by atoms with Crippen molar-refractivity contribution in [1.29, 1.82) is 0 Å². The molecule has 2 N–H and O–H groups in total. The number of hydrogen-bond donors (Lipinski definition) is 1. The van der Waals surface area contributed by atoms with E-state index in [0.29, 0.717) is 4.88 Å². The molecule has 1 aliphatic heterocycles. The van der Waals surface area contributed by atoms with Gasteiger partial charge in [-0.05, 0) is 51.0 Å². The van der Waals surface area contributed by atoms with Gasteiger partial charge in [-0.3, -0.25) is 9.69 Å². The van der Waals surface area contributed by atoms with Gasteiger partial charge < -0.3 is 10.2 Å². The Hall–Kier alpha value is -3.52. The number of thiophene rings is 1. The Morgan fingerprint density at radius 3 is 2.47 bits per heavy atom. The maximum absolute atomic E-state index is 13.2. The van der Waals surface area contributed by atoms with Crippen LogP contribution < -0.4 is 20.1 Å². The van der Waals surface area contributed by atoms with E-state index < -0.39 is 0 Å². The number of carbonyl (C=O) groups is 1. The zero-order valence-electron chi connectivity index (χ0n) is 20.0. The molecule has 174 valence electrons. The van der Waals surface area contributed by atoms with E-state index in [2.05, 4.69) is 50.2 Å². The summed E-state index contributed by atoms with van der Waals surface area (Å²) in [7, 11) is 0. The van der Waals surface area contributed by atoms with E-state index in [9.17, 15) is 4.79 Å². The number of nitrogens with zero attached hydrogens (tertiary/aromatic N) is 4. The van der Waals surface area contributed by atoms with Gasteiger partial charge in [-0.25, -0.2) is 15.0 Å². The van der Waals surface area contributed by atoms with Gasteiger partial charge >= 0.3 is 0 Å². The maximum atomic E-state index is 13.2. The number of aromatic amines is 1. The lowest BCUT2D eigenvalue weighted by atomic mass is 10.1. The third kappa shape index (κ3) is 4.21. The van der Waals surface area contributed by atoms with Gasteiger partial charge in [0.15, 0.2) is 0 Å². The molecule has 1 aromatic carbocycles. The first-order valence-corrected chi connectivity index (χ1v) is 12.4. The summed E-state index contributed by atoms with van der Waals surface area (Å²) in [5.74, 6) is 2.69. The number of carbonyl (C=O) groups excluding carboxylic acids is 1. The number of amides is 1. The van der Waals surface area contributed by atoms with Crippen LogP contribution in [0.2, 0.25) is 0 Å². The fraction of sp³-hybridized carbons (Fsp3) is 0.308. The molecule has 0 unspecified atom stereocenters. The molecule has 0 saturated carbocycles. The highest BCUT2D eigenvalue weighted by Gasteiger charge is 2.28. The maximum Gasteiger partial charge on any atom is 0.274 e. The van der Waals surface area contributed by atoms with Crippen molar-refractivity contribution in [1.82, 2.24) is 9.97 Å². The zero-order chi connectivity index (χ0) is 23.8. The lowest BCUT2D eigenvalue weighted by Crippen LogP contribution is -2.48. The molecule has 1 saturated heterocycles. The van der Waals surface area contributed by atoms with Crippen molar-refractivity contribution in [3.8, 4) is 0 Å². The third-order valence-corrected chi connectivity index (χ3v) is 7.52. The fourth-order valence-corrected chi connectivity index (χ4v) is 5.66. The van der Waals surface area contributed by atoms with Crippen molar-refractivity contribution in [2.24, 2.45) is 0 Å². The summed E-state index contributed by atoms with van der Waals surface area (Å²) in [5.41, 5.74) is 4.01. The molecule has 4 aromatic rings. The van der Waals surface area contributed by atoms with Gasteiger partial charge in [-0.15, -0.1) is 11.3 Å². The second-order valence-corrected chi connectivity index (χ2v) is 9.82. The molecule has 0 aliphatic carbocycles. The van der Waals surface area contributed by atoms with Crippen LogP contribution in [0.5, 0.6) is 0 Å². The monoisotopic (exact) mass is 473 g/mol. The number of benzene rings is 1. The predicted octanol–water partition coefficient (Wildman–Crippen LogP) is 4.32. The van der Waals surface area contributed by atoms with Crippen LogP contribution in [-0.2, 0) is 0 Å². The van der Waals surface area contributed by atoms with Crippen molar-refractivity contribution < 1.29 is 9.78 Å². The minimum absolute atomic E-state index is 0.0968. The molecule has 7 nitrogen and oxygen atoms in total. The normalized spacial score (nSPS) is 14.0. The van der Waals surface area contributed by atoms with Crippen molar-refractivity contribution in [2.75, 3.05) is 41.3 Å². The molecule has 1 aliphatic rings. The van der Waals surface area contributed by atoms with E-state index in [-0.39, 0.29) is 5.91 Å². The second-order valence-electron chi connectivity index (χ2n) is 8.83. The van der Waals surface area contributed by atoms with Crippen molar-refractivity contribution >= 4 is 44.8 Å². The van der Waals surface area contributed by atoms with Gasteiger partial charge in [0.25, 0.3) is 11.7 Å². The molecule has 8 heteroatoms. The number of pyridine rings is 1.